The summed E-state index contributed by atoms with van der Waals surface area (Å²) in [6, 6.07) is 8.10. The molecule has 1 amide bonds. The molecule has 0 spiro atoms. The molecule has 1 unspecified atom stereocenters. The fourth-order valence-corrected chi connectivity index (χ4v) is 3.94. The number of aryl methyl sites for hydroxylation is 1. The number of carbonyl (C=O) groups is 1. The summed E-state index contributed by atoms with van der Waals surface area (Å²) in [5.74, 6) is 2.35. The minimum atomic E-state index is 0.0510. The van der Waals surface area contributed by atoms with Crippen LogP contribution in [0.3, 0.4) is 0 Å². The number of imidazole rings is 1. The Morgan fingerprint density at radius 3 is 3.00 bits per heavy atom. The van der Waals surface area contributed by atoms with E-state index in [-0.39, 0.29) is 11.9 Å². The van der Waals surface area contributed by atoms with Crippen LogP contribution >= 0.6 is 0 Å². The van der Waals surface area contributed by atoms with Crippen LogP contribution in [0.15, 0.2) is 30.5 Å². The van der Waals surface area contributed by atoms with Crippen molar-refractivity contribution in [2.75, 3.05) is 18.0 Å². The van der Waals surface area contributed by atoms with Gasteiger partial charge < -0.3 is 15.2 Å². The van der Waals surface area contributed by atoms with E-state index in [1.807, 2.05) is 37.4 Å². The van der Waals surface area contributed by atoms with Crippen molar-refractivity contribution in [2.45, 2.75) is 44.6 Å². The minimum Gasteiger partial charge on any atom is -0.351 e. The van der Waals surface area contributed by atoms with Gasteiger partial charge in [-0.2, -0.15) is 0 Å². The summed E-state index contributed by atoms with van der Waals surface area (Å²) in [7, 11) is 0. The maximum atomic E-state index is 12.5. The van der Waals surface area contributed by atoms with Gasteiger partial charge in [-0.1, -0.05) is 6.07 Å². The highest BCUT2D eigenvalue weighted by atomic mass is 16.1. The molecule has 0 radical (unpaired) electrons. The topological polar surface area (TPSA) is 86.8 Å². The number of amides is 1. The summed E-state index contributed by atoms with van der Waals surface area (Å²) >= 11 is 0. The number of anilines is 1. The number of rotatable bonds is 5. The first-order chi connectivity index (χ1) is 13.6. The van der Waals surface area contributed by atoms with Gasteiger partial charge in [0.1, 0.15) is 5.82 Å². The van der Waals surface area contributed by atoms with Crippen LogP contribution in [0.1, 0.15) is 42.3 Å². The van der Waals surface area contributed by atoms with Gasteiger partial charge in [0.25, 0.3) is 0 Å². The van der Waals surface area contributed by atoms with Gasteiger partial charge in [-0.25, -0.2) is 15.0 Å². The third-order valence-electron chi connectivity index (χ3n) is 5.53. The second-order valence-corrected chi connectivity index (χ2v) is 7.91. The van der Waals surface area contributed by atoms with Gasteiger partial charge in [-0.05, 0) is 49.9 Å². The van der Waals surface area contributed by atoms with Crippen LogP contribution in [-0.4, -0.2) is 45.0 Å². The molecular formula is C21H24N6O. The molecule has 3 heterocycles. The van der Waals surface area contributed by atoms with Gasteiger partial charge in [0, 0.05) is 36.9 Å². The van der Waals surface area contributed by atoms with Gasteiger partial charge in [0.15, 0.2) is 0 Å². The smallest absolute Gasteiger partial charge is 0.225 e. The molecule has 5 rings (SSSR count). The SMILES string of the molecule is Cc1nc2ccc(CC(=O)NC3CCN(c4nccc(C5CC5)n4)C3)cc2[nH]1. The van der Waals surface area contributed by atoms with Crippen LogP contribution in [-0.2, 0) is 11.2 Å². The van der Waals surface area contributed by atoms with Gasteiger partial charge in [0.2, 0.25) is 11.9 Å². The van der Waals surface area contributed by atoms with E-state index in [0.717, 1.165) is 53.6 Å². The van der Waals surface area contributed by atoms with Gasteiger partial charge >= 0.3 is 0 Å². The number of aromatic amines is 1. The number of hydrogen-bond acceptors (Lipinski definition) is 5. The van der Waals surface area contributed by atoms with Crippen molar-refractivity contribution in [3.8, 4) is 0 Å². The maximum absolute atomic E-state index is 12.5. The number of aromatic nitrogens is 4. The molecule has 1 saturated heterocycles. The standard InChI is InChI=1S/C21H24N6O/c1-13-23-18-5-2-14(10-19(18)24-13)11-20(28)25-16-7-9-27(12-16)21-22-8-6-17(26-21)15-3-4-15/h2,5-6,8,10,15-16H,3-4,7,9,11-12H2,1H3,(H,23,24)(H,25,28). The molecule has 1 aromatic carbocycles. The second kappa shape index (κ2) is 6.89. The molecule has 2 N–H and O–H groups in total. The monoisotopic (exact) mass is 376 g/mol. The van der Waals surface area contributed by atoms with E-state index in [1.165, 1.54) is 12.8 Å². The van der Waals surface area contributed by atoms with Crippen molar-refractivity contribution in [2.24, 2.45) is 0 Å². The lowest BCUT2D eigenvalue weighted by molar-refractivity contribution is -0.121. The van der Waals surface area contributed by atoms with E-state index in [4.69, 9.17) is 4.98 Å². The average molecular weight is 376 g/mol. The molecule has 1 saturated carbocycles. The van der Waals surface area contributed by atoms with E-state index >= 15 is 0 Å². The summed E-state index contributed by atoms with van der Waals surface area (Å²) in [6.07, 6.45) is 5.62. The molecule has 1 aliphatic carbocycles. The van der Waals surface area contributed by atoms with Crippen LogP contribution < -0.4 is 10.2 Å². The van der Waals surface area contributed by atoms with Crippen molar-refractivity contribution in [1.82, 2.24) is 25.3 Å². The zero-order chi connectivity index (χ0) is 19.1. The minimum absolute atomic E-state index is 0.0510. The molecule has 2 fully saturated rings. The number of fused-ring (bicyclic) bond motifs is 1. The lowest BCUT2D eigenvalue weighted by atomic mass is 10.1. The fourth-order valence-electron chi connectivity index (χ4n) is 3.94. The molecule has 1 atom stereocenters. The first-order valence-electron chi connectivity index (χ1n) is 9.96. The normalized spacial score (nSPS) is 19.3. The number of nitrogens with zero attached hydrogens (tertiary/aromatic N) is 4. The predicted octanol–water partition coefficient (Wildman–Crippen LogP) is 2.48. The van der Waals surface area contributed by atoms with Crippen molar-refractivity contribution in [1.29, 1.82) is 0 Å². The molecule has 7 nitrogen and oxygen atoms in total. The molecule has 2 aliphatic rings. The van der Waals surface area contributed by atoms with Crippen LogP contribution in [0.4, 0.5) is 5.95 Å². The van der Waals surface area contributed by atoms with Gasteiger partial charge in [-0.3, -0.25) is 4.79 Å². The molecule has 0 bridgehead atoms. The van der Waals surface area contributed by atoms with E-state index in [0.29, 0.717) is 12.3 Å². The Labute approximate surface area is 163 Å². The zero-order valence-electron chi connectivity index (χ0n) is 16.0. The highest BCUT2D eigenvalue weighted by molar-refractivity contribution is 5.82. The molecule has 3 aromatic rings. The Hall–Kier alpha value is -2.96. The van der Waals surface area contributed by atoms with Crippen LogP contribution in [0.25, 0.3) is 11.0 Å². The summed E-state index contributed by atoms with van der Waals surface area (Å²) in [4.78, 5) is 31.5. The van der Waals surface area contributed by atoms with Crippen molar-refractivity contribution in [3.05, 3.63) is 47.5 Å². The number of hydrogen-bond donors (Lipinski definition) is 2. The maximum Gasteiger partial charge on any atom is 0.225 e. The van der Waals surface area contributed by atoms with E-state index in [2.05, 4.69) is 25.2 Å². The molecule has 144 valence electrons. The quantitative estimate of drug-likeness (QED) is 0.714. The number of nitrogens with one attached hydrogen (secondary N) is 2. The summed E-state index contributed by atoms with van der Waals surface area (Å²) in [5.41, 5.74) is 4.05. The van der Waals surface area contributed by atoms with Gasteiger partial charge in [-0.15, -0.1) is 0 Å². The van der Waals surface area contributed by atoms with Crippen LogP contribution in [0, 0.1) is 6.92 Å². The van der Waals surface area contributed by atoms with E-state index in [1.54, 1.807) is 0 Å². The lowest BCUT2D eigenvalue weighted by Gasteiger charge is -2.17. The summed E-state index contributed by atoms with van der Waals surface area (Å²) in [5, 5.41) is 3.17. The first kappa shape index (κ1) is 17.2. The highest BCUT2D eigenvalue weighted by Gasteiger charge is 2.28. The molecule has 2 aromatic heterocycles. The van der Waals surface area contributed by atoms with Crippen molar-refractivity contribution >= 4 is 22.9 Å². The molecule has 7 heteroatoms. The molecule has 1 aliphatic heterocycles. The lowest BCUT2D eigenvalue weighted by Crippen LogP contribution is -2.38. The largest absolute Gasteiger partial charge is 0.351 e. The van der Waals surface area contributed by atoms with Crippen molar-refractivity contribution < 1.29 is 4.79 Å². The molecule has 28 heavy (non-hydrogen) atoms. The first-order valence-corrected chi connectivity index (χ1v) is 9.96. The molecular weight excluding hydrogens is 352 g/mol. The van der Waals surface area contributed by atoms with Crippen molar-refractivity contribution in [3.63, 3.8) is 0 Å². The Morgan fingerprint density at radius 1 is 1.25 bits per heavy atom. The Bertz CT molecular complexity index is 1020. The zero-order valence-corrected chi connectivity index (χ0v) is 16.0. The van der Waals surface area contributed by atoms with E-state index in [9.17, 15) is 4.79 Å². The van der Waals surface area contributed by atoms with Crippen LogP contribution in [0.2, 0.25) is 0 Å². The third kappa shape index (κ3) is 3.56. The number of benzene rings is 1. The van der Waals surface area contributed by atoms with E-state index < -0.39 is 0 Å². The average Bonchev–Trinajstić information content (AvgIpc) is 3.32. The summed E-state index contributed by atoms with van der Waals surface area (Å²) < 4.78 is 0. The summed E-state index contributed by atoms with van der Waals surface area (Å²) in [6.45, 7) is 3.57. The van der Waals surface area contributed by atoms with Gasteiger partial charge in [0.05, 0.1) is 17.5 Å². The Kier molecular flexibility index (Phi) is 4.22. The van der Waals surface area contributed by atoms with Crippen LogP contribution in [0.5, 0.6) is 0 Å². The third-order valence-corrected chi connectivity index (χ3v) is 5.53. The predicted molar refractivity (Wildman–Crippen MR) is 107 cm³/mol. The number of H-pyrrole nitrogens is 1. The Morgan fingerprint density at radius 2 is 2.14 bits per heavy atom. The second-order valence-electron chi connectivity index (χ2n) is 7.91. The highest BCUT2D eigenvalue weighted by Crippen LogP contribution is 2.39. The number of carbonyl (C=O) groups excluding carboxylic acids is 1. The fraction of sp³-hybridized carbons (Fsp3) is 0.429. The Balaban J connectivity index is 1.19.